The van der Waals surface area contributed by atoms with Gasteiger partial charge in [0, 0.05) is 80.3 Å². The van der Waals surface area contributed by atoms with E-state index in [0.717, 1.165) is 17.5 Å². The first kappa shape index (κ1) is 23.3. The number of benzene rings is 1. The Balaban J connectivity index is 1.95. The highest BCUT2D eigenvalue weighted by molar-refractivity contribution is 14.2. The first-order chi connectivity index (χ1) is 14.1. The van der Waals surface area contributed by atoms with Gasteiger partial charge in [0.05, 0.1) is 5.69 Å². The molecule has 0 amide bonds. The van der Waals surface area contributed by atoms with Crippen molar-refractivity contribution >= 4 is 45.2 Å². The number of alkyl halides is 3. The molecule has 8 heteroatoms. The van der Waals surface area contributed by atoms with Gasteiger partial charge < -0.3 is 9.84 Å². The lowest BCUT2D eigenvalue weighted by atomic mass is 9.68. The van der Waals surface area contributed by atoms with Crippen molar-refractivity contribution in [2.45, 2.75) is 34.7 Å². The first-order valence-corrected chi connectivity index (χ1v) is 11.5. The second kappa shape index (κ2) is 8.99. The zero-order valence-electron chi connectivity index (χ0n) is 16.8. The number of aromatic nitrogens is 3. The van der Waals surface area contributed by atoms with Crippen molar-refractivity contribution in [2.75, 3.05) is 0 Å². The summed E-state index contributed by atoms with van der Waals surface area (Å²) in [5.41, 5.74) is 1.08. The van der Waals surface area contributed by atoms with Gasteiger partial charge in [-0.05, 0) is 30.2 Å². The van der Waals surface area contributed by atoms with Crippen LogP contribution < -0.4 is 4.74 Å². The normalized spacial score (nSPS) is 14.2. The number of pyridine rings is 1. The fraction of sp³-hybridized carbons (Fsp3) is 0.318. The van der Waals surface area contributed by atoms with Crippen LogP contribution in [0.15, 0.2) is 61.3 Å². The van der Waals surface area contributed by atoms with Gasteiger partial charge in [-0.25, -0.2) is 9.97 Å². The molecule has 158 valence electrons. The van der Waals surface area contributed by atoms with Crippen molar-refractivity contribution in [1.29, 1.82) is 0 Å². The lowest BCUT2D eigenvalue weighted by Gasteiger charge is -2.41. The summed E-state index contributed by atoms with van der Waals surface area (Å²) in [5.74, 6) is 0.442. The van der Waals surface area contributed by atoms with Crippen LogP contribution in [0, 0.1) is 5.41 Å². The van der Waals surface area contributed by atoms with Crippen molar-refractivity contribution in [3.8, 4) is 16.9 Å². The SMILES string of the molecule is CCC(C)(C)C(O)(c1cncnc1)c1ccc(-c2ccc(OC(F)(I)I)cc2)cn1. The molecule has 2 aromatic heterocycles. The molecule has 2 heterocycles. The average Bonchev–Trinajstić information content (AvgIpc) is 2.73. The number of rotatable bonds is 7. The van der Waals surface area contributed by atoms with Crippen LogP contribution in [0.3, 0.4) is 0 Å². The van der Waals surface area contributed by atoms with Crippen LogP contribution in [0.4, 0.5) is 4.39 Å². The van der Waals surface area contributed by atoms with E-state index in [1.165, 1.54) is 6.33 Å². The number of aliphatic hydroxyl groups is 1. The summed E-state index contributed by atoms with van der Waals surface area (Å²) in [7, 11) is 0. The molecule has 0 saturated carbocycles. The Hall–Kier alpha value is -1.40. The molecule has 3 aromatic rings. The Morgan fingerprint density at radius 1 is 0.967 bits per heavy atom. The molecule has 1 atom stereocenters. The molecule has 30 heavy (non-hydrogen) atoms. The maximum atomic E-state index is 13.6. The highest BCUT2D eigenvalue weighted by Gasteiger charge is 2.47. The van der Waals surface area contributed by atoms with E-state index in [-0.39, 0.29) is 0 Å². The van der Waals surface area contributed by atoms with E-state index in [1.54, 1.807) is 75.9 Å². The Morgan fingerprint density at radius 3 is 2.07 bits per heavy atom. The molecule has 0 radical (unpaired) electrons. The molecule has 1 aromatic carbocycles. The van der Waals surface area contributed by atoms with Crippen LogP contribution >= 0.6 is 45.2 Å². The molecule has 3 rings (SSSR count). The molecule has 0 aliphatic carbocycles. The minimum Gasteiger partial charge on any atom is -0.442 e. The van der Waals surface area contributed by atoms with Crippen LogP contribution in [0.25, 0.3) is 11.1 Å². The van der Waals surface area contributed by atoms with Crippen molar-refractivity contribution in [3.05, 3.63) is 72.6 Å². The minimum absolute atomic E-state index is 0.442. The summed E-state index contributed by atoms with van der Waals surface area (Å²) in [6.07, 6.45) is 7.15. The van der Waals surface area contributed by atoms with Crippen LogP contribution in [-0.4, -0.2) is 21.9 Å². The molecule has 0 aliphatic heterocycles. The third-order valence-electron chi connectivity index (χ3n) is 5.40. The Kier molecular flexibility index (Phi) is 6.97. The van der Waals surface area contributed by atoms with E-state index < -0.39 is 12.9 Å². The molecule has 0 spiro atoms. The van der Waals surface area contributed by atoms with Gasteiger partial charge in [-0.3, -0.25) is 4.98 Å². The van der Waals surface area contributed by atoms with Gasteiger partial charge in [0.25, 0.3) is 0 Å². The van der Waals surface area contributed by atoms with E-state index in [2.05, 4.69) is 15.0 Å². The quantitative estimate of drug-likeness (QED) is 0.254. The molecule has 0 bridgehead atoms. The molecule has 0 aliphatic rings. The van der Waals surface area contributed by atoms with Gasteiger partial charge >= 0.3 is 1.87 Å². The average molecular weight is 633 g/mol. The molecule has 1 N–H and O–H groups in total. The number of nitrogens with zero attached hydrogens (tertiary/aromatic N) is 3. The van der Waals surface area contributed by atoms with Crippen molar-refractivity contribution in [3.63, 3.8) is 0 Å². The third-order valence-corrected chi connectivity index (χ3v) is 5.84. The van der Waals surface area contributed by atoms with Gasteiger partial charge in [-0.2, -0.15) is 4.39 Å². The standard InChI is InChI=1S/C22H22FI2N3O2/c1-4-20(2,3)21(29,17-12-26-14-27-13-17)19-10-7-16(11-28-19)15-5-8-18(9-6-15)30-22(23,24)25/h5-14,29H,4H2,1-3H3. The molecule has 0 saturated heterocycles. The largest absolute Gasteiger partial charge is 0.442 e. The monoisotopic (exact) mass is 633 g/mol. The Labute approximate surface area is 202 Å². The van der Waals surface area contributed by atoms with E-state index in [4.69, 9.17) is 4.74 Å². The second-order valence-corrected chi connectivity index (χ2v) is 12.4. The van der Waals surface area contributed by atoms with Gasteiger partial charge in [-0.15, -0.1) is 0 Å². The lowest BCUT2D eigenvalue weighted by molar-refractivity contribution is -0.0429. The highest BCUT2D eigenvalue weighted by atomic mass is 127. The lowest BCUT2D eigenvalue weighted by Crippen LogP contribution is -2.43. The zero-order valence-corrected chi connectivity index (χ0v) is 21.1. The van der Waals surface area contributed by atoms with Gasteiger partial charge in [0.15, 0.2) is 0 Å². The van der Waals surface area contributed by atoms with Crippen LogP contribution in [-0.2, 0) is 5.60 Å². The molecule has 1 unspecified atom stereocenters. The fourth-order valence-electron chi connectivity index (χ4n) is 3.25. The smallest absolute Gasteiger partial charge is 0.350 e. The summed E-state index contributed by atoms with van der Waals surface area (Å²) in [6.45, 7) is 6.03. The molecular formula is C22H22FI2N3O2. The van der Waals surface area contributed by atoms with Gasteiger partial charge in [0.1, 0.15) is 17.7 Å². The van der Waals surface area contributed by atoms with Gasteiger partial charge in [0.2, 0.25) is 0 Å². The first-order valence-electron chi connectivity index (χ1n) is 9.37. The summed E-state index contributed by atoms with van der Waals surface area (Å²) < 4.78 is 17.0. The highest BCUT2D eigenvalue weighted by Crippen LogP contribution is 2.46. The fourth-order valence-corrected chi connectivity index (χ4v) is 3.76. The Bertz CT molecular complexity index is 978. The number of halogens is 3. The third kappa shape index (κ3) is 4.91. The molecule has 5 nitrogen and oxygen atoms in total. The van der Waals surface area contributed by atoms with E-state index in [0.29, 0.717) is 17.0 Å². The van der Waals surface area contributed by atoms with E-state index in [1.807, 2.05) is 45.0 Å². The summed E-state index contributed by atoms with van der Waals surface area (Å²) >= 11 is 3.16. The van der Waals surface area contributed by atoms with Crippen molar-refractivity contribution < 1.29 is 14.2 Å². The van der Waals surface area contributed by atoms with E-state index >= 15 is 0 Å². The van der Waals surface area contributed by atoms with Crippen LogP contribution in [0.2, 0.25) is 0 Å². The summed E-state index contributed by atoms with van der Waals surface area (Å²) in [5, 5.41) is 11.8. The van der Waals surface area contributed by atoms with Crippen molar-refractivity contribution in [1.82, 2.24) is 15.0 Å². The Morgan fingerprint density at radius 2 is 1.57 bits per heavy atom. The number of hydrogen-bond acceptors (Lipinski definition) is 5. The zero-order chi connectivity index (χ0) is 22.0. The molecular weight excluding hydrogens is 611 g/mol. The van der Waals surface area contributed by atoms with E-state index in [9.17, 15) is 9.50 Å². The van der Waals surface area contributed by atoms with Gasteiger partial charge in [-0.1, -0.05) is 39.0 Å². The topological polar surface area (TPSA) is 68.1 Å². The predicted octanol–water partition coefficient (Wildman–Crippen LogP) is 6.04. The minimum atomic E-state index is -1.79. The maximum absolute atomic E-state index is 13.6. The predicted molar refractivity (Wildman–Crippen MR) is 131 cm³/mol. The van der Waals surface area contributed by atoms with Crippen molar-refractivity contribution in [2.24, 2.45) is 5.41 Å². The number of hydrogen-bond donors (Lipinski definition) is 1. The molecule has 0 fully saturated rings. The van der Waals surface area contributed by atoms with Crippen LogP contribution in [0.5, 0.6) is 5.75 Å². The summed E-state index contributed by atoms with van der Waals surface area (Å²) in [4.78, 5) is 12.8. The summed E-state index contributed by atoms with van der Waals surface area (Å²) in [6, 6.07) is 10.9. The maximum Gasteiger partial charge on any atom is 0.350 e. The van der Waals surface area contributed by atoms with Crippen LogP contribution in [0.1, 0.15) is 38.4 Å². The number of ether oxygens (including phenoxy) is 1. The second-order valence-electron chi connectivity index (χ2n) is 7.58.